The highest BCUT2D eigenvalue weighted by Crippen LogP contribution is 2.42. The minimum atomic E-state index is -2.22. The van der Waals surface area contributed by atoms with Gasteiger partial charge in [0.05, 0.1) is 28.9 Å². The number of carbonyl (C=O) groups is 1. The minimum absolute atomic E-state index is 0.0203. The molecule has 314 valence electrons. The molecule has 60 heavy (non-hydrogen) atoms. The molecule has 3 saturated heterocycles. The average molecular weight is 828 g/mol. The van der Waals surface area contributed by atoms with Crippen LogP contribution in [0.25, 0.3) is 33.1 Å². The molecular weight excluding hydrogens is 771 g/mol. The number of aryl methyl sites for hydroxylation is 2. The normalized spacial score (nSPS) is 18.6. The summed E-state index contributed by atoms with van der Waals surface area (Å²) in [6, 6.07) is 29.4. The fraction of sp³-hybridized carbons (Fsp3) is 0.404. The molecule has 2 atom stereocenters. The quantitative estimate of drug-likeness (QED) is 0.0792. The van der Waals surface area contributed by atoms with Gasteiger partial charge in [0, 0.05) is 43.2 Å². The molecule has 0 saturated carbocycles. The number of aromatic nitrogens is 4. The number of piperidine rings is 3. The van der Waals surface area contributed by atoms with Crippen LogP contribution in [-0.4, -0.2) is 81.7 Å². The van der Waals surface area contributed by atoms with Gasteiger partial charge in [-0.3, -0.25) is 9.69 Å². The Hall–Kier alpha value is -5.34. The molecule has 0 radical (unpaired) electrons. The number of H-pyrrole nitrogens is 1. The van der Waals surface area contributed by atoms with Gasteiger partial charge in [-0.15, -0.1) is 5.10 Å². The number of amides is 1. The predicted octanol–water partition coefficient (Wildman–Crippen LogP) is 8.71. The number of carboxylic acid groups (broad SMARTS) is 1. The highest BCUT2D eigenvalue weighted by atomic mass is 28.4. The summed E-state index contributed by atoms with van der Waals surface area (Å²) in [5, 5.41) is 34.7. The van der Waals surface area contributed by atoms with Crippen LogP contribution in [0.4, 0.5) is 10.5 Å². The molecular formula is C47H57N7O5Si. The van der Waals surface area contributed by atoms with Crippen LogP contribution in [0.5, 0.6) is 5.75 Å². The Morgan fingerprint density at radius 1 is 1.00 bits per heavy atom. The van der Waals surface area contributed by atoms with E-state index in [1.165, 1.54) is 6.07 Å². The van der Waals surface area contributed by atoms with Gasteiger partial charge < -0.3 is 29.8 Å². The second kappa shape index (κ2) is 17.0. The number of nitrogens with one attached hydrogen (secondary N) is 2. The molecule has 4 aromatic carbocycles. The number of aromatic hydroxyl groups is 1. The predicted molar refractivity (Wildman–Crippen MR) is 240 cm³/mol. The first kappa shape index (κ1) is 41.4. The van der Waals surface area contributed by atoms with Gasteiger partial charge in [-0.2, -0.15) is 0 Å². The molecule has 1 amide bonds. The number of hydrogen-bond acceptors (Lipinski definition) is 8. The van der Waals surface area contributed by atoms with E-state index in [1.54, 1.807) is 17.0 Å². The average Bonchev–Trinajstić information content (AvgIpc) is 3.63. The van der Waals surface area contributed by atoms with Crippen molar-refractivity contribution in [3.05, 3.63) is 118 Å². The largest absolute Gasteiger partial charge is 0.506 e. The zero-order chi connectivity index (χ0) is 42.2. The third-order valence-corrected chi connectivity index (χ3v) is 17.6. The maximum absolute atomic E-state index is 13.0. The second-order valence-corrected chi connectivity index (χ2v) is 22.9. The smallest absolute Gasteiger partial charge is 0.412 e. The van der Waals surface area contributed by atoms with Crippen molar-refractivity contribution in [2.75, 3.05) is 31.1 Å². The molecule has 0 unspecified atom stereocenters. The summed E-state index contributed by atoms with van der Waals surface area (Å²) in [5.74, 6) is 0.397. The molecule has 3 fully saturated rings. The number of anilines is 1. The number of nitrogens with zero attached hydrogens (tertiary/aromatic N) is 5. The van der Waals surface area contributed by atoms with E-state index >= 15 is 0 Å². The van der Waals surface area contributed by atoms with Gasteiger partial charge in [0.2, 0.25) is 5.56 Å². The van der Waals surface area contributed by atoms with E-state index in [1.807, 2.05) is 28.9 Å². The van der Waals surface area contributed by atoms with E-state index in [0.717, 1.165) is 95.2 Å². The van der Waals surface area contributed by atoms with Crippen molar-refractivity contribution in [2.24, 2.45) is 5.92 Å². The molecule has 0 spiro atoms. The molecule has 13 heteroatoms. The number of fused-ring (bicyclic) bond motifs is 5. The first-order valence-corrected chi connectivity index (χ1v) is 24.1. The third-order valence-electron chi connectivity index (χ3n) is 13.1. The lowest BCUT2D eigenvalue weighted by atomic mass is 9.82. The van der Waals surface area contributed by atoms with E-state index in [4.69, 9.17) is 4.43 Å². The zero-order valence-corrected chi connectivity index (χ0v) is 36.3. The lowest BCUT2D eigenvalue weighted by Crippen LogP contribution is -2.59. The van der Waals surface area contributed by atoms with E-state index in [-0.39, 0.29) is 28.5 Å². The molecule has 2 bridgehead atoms. The number of rotatable bonds is 14. The maximum Gasteiger partial charge on any atom is 0.412 e. The van der Waals surface area contributed by atoms with Gasteiger partial charge in [0.1, 0.15) is 11.3 Å². The topological polar surface area (TPSA) is 149 Å². The fourth-order valence-electron chi connectivity index (χ4n) is 8.80. The molecule has 3 aliphatic rings. The summed E-state index contributed by atoms with van der Waals surface area (Å²) in [4.78, 5) is 32.1. The summed E-state index contributed by atoms with van der Waals surface area (Å²) in [6.45, 7) is 15.8. The van der Waals surface area contributed by atoms with Gasteiger partial charge in [-0.1, -0.05) is 80.6 Å². The van der Waals surface area contributed by atoms with Gasteiger partial charge in [0.15, 0.2) is 8.32 Å². The molecule has 6 aromatic rings. The Labute approximate surface area is 352 Å². The summed E-state index contributed by atoms with van der Waals surface area (Å²) in [6.07, 6.45) is 2.44. The highest BCUT2D eigenvalue weighted by Gasteiger charge is 2.41. The lowest BCUT2D eigenvalue weighted by molar-refractivity contribution is 0.0837. The summed E-state index contributed by atoms with van der Waals surface area (Å²) in [7, 11) is -2.22. The van der Waals surface area contributed by atoms with Gasteiger partial charge in [-0.25, -0.2) is 9.48 Å². The third kappa shape index (κ3) is 8.62. The van der Waals surface area contributed by atoms with E-state index in [2.05, 4.69) is 108 Å². The van der Waals surface area contributed by atoms with Crippen LogP contribution in [0.2, 0.25) is 18.1 Å². The van der Waals surface area contributed by atoms with E-state index < -0.39 is 14.4 Å². The Bertz CT molecular complexity index is 2540. The zero-order valence-electron chi connectivity index (χ0n) is 35.3. The summed E-state index contributed by atoms with van der Waals surface area (Å²) in [5.41, 5.74) is 7.71. The molecule has 0 aliphatic carbocycles. The second-order valence-electron chi connectivity index (χ2n) is 18.1. The monoisotopic (exact) mass is 827 g/mol. The standard InChI is InChI=1S/C47H57N7O5Si/c1-47(2,3)60(4,5)59-43(36-16-19-42(55)45-37(36)17-20-44(56)49-45)29-48-28-32-14-18-39-38(26-32)50-51-53(39)23-9-10-31-13-15-35(33-11-7-6-8-12-33)40(27-31)54(46(57)58)41-30-52-24-21-34(41)22-25-52/h6-8,11-20,26-27,34,41,43,48,55H,9-10,21-25,28-30H2,1-5H3,(H,49,56)(H,57,58)/t41-,43-/m0/s1. The molecule has 12 nitrogen and oxygen atoms in total. The number of benzene rings is 4. The van der Waals surface area contributed by atoms with Crippen LogP contribution in [0.3, 0.4) is 0 Å². The van der Waals surface area contributed by atoms with E-state index in [9.17, 15) is 19.8 Å². The van der Waals surface area contributed by atoms with Gasteiger partial charge in [0.25, 0.3) is 0 Å². The maximum atomic E-state index is 13.0. The minimum Gasteiger partial charge on any atom is -0.506 e. The van der Waals surface area contributed by atoms with Crippen molar-refractivity contribution in [3.8, 4) is 16.9 Å². The molecule has 4 N–H and O–H groups in total. The number of phenols is 1. The summed E-state index contributed by atoms with van der Waals surface area (Å²) < 4.78 is 8.94. The first-order valence-electron chi connectivity index (χ1n) is 21.2. The summed E-state index contributed by atoms with van der Waals surface area (Å²) >= 11 is 0. The number of aromatic amines is 1. The SMILES string of the molecule is CC(C)(C)[Si](C)(C)O[C@@H](CNCc1ccc2c(c1)nnn2CCCc1ccc(-c2ccccc2)c(N(C(=O)O)[C@H]2CN3CCC2CC3)c1)c1ccc(O)c2[nH]c(=O)ccc12. The Morgan fingerprint density at radius 3 is 2.48 bits per heavy atom. The van der Waals surface area contributed by atoms with Crippen LogP contribution >= 0.6 is 0 Å². The van der Waals surface area contributed by atoms with Crippen molar-refractivity contribution < 1.29 is 19.4 Å². The highest BCUT2D eigenvalue weighted by molar-refractivity contribution is 6.74. The Kier molecular flexibility index (Phi) is 11.7. The van der Waals surface area contributed by atoms with Crippen molar-refractivity contribution in [1.29, 1.82) is 0 Å². The van der Waals surface area contributed by atoms with Crippen LogP contribution in [0, 0.1) is 5.92 Å². The lowest BCUT2D eigenvalue weighted by Gasteiger charge is -2.48. The van der Waals surface area contributed by atoms with Crippen LogP contribution < -0.4 is 15.8 Å². The Morgan fingerprint density at radius 2 is 1.77 bits per heavy atom. The molecule has 3 aliphatic heterocycles. The van der Waals surface area contributed by atoms with Crippen molar-refractivity contribution in [1.82, 2.24) is 30.2 Å². The van der Waals surface area contributed by atoms with Crippen LogP contribution in [0.1, 0.15) is 62.8 Å². The van der Waals surface area contributed by atoms with Crippen LogP contribution in [-0.2, 0) is 23.9 Å². The number of phenolic OH excluding ortho intramolecular Hbond substituents is 1. The fourth-order valence-corrected chi connectivity index (χ4v) is 10.1. The van der Waals surface area contributed by atoms with Crippen LogP contribution in [0.15, 0.2) is 95.8 Å². The first-order chi connectivity index (χ1) is 28.8. The molecule has 5 heterocycles. The number of pyridine rings is 1. The van der Waals surface area contributed by atoms with Crippen molar-refractivity contribution >= 4 is 42.0 Å². The molecule has 9 rings (SSSR count). The van der Waals surface area contributed by atoms with E-state index in [0.29, 0.717) is 31.1 Å². The van der Waals surface area contributed by atoms with Crippen molar-refractivity contribution in [3.63, 3.8) is 0 Å². The van der Waals surface area contributed by atoms with Gasteiger partial charge in [-0.05, 0) is 115 Å². The van der Waals surface area contributed by atoms with Crippen molar-refractivity contribution in [2.45, 2.75) is 89.8 Å². The Balaban J connectivity index is 0.956. The van der Waals surface area contributed by atoms with Gasteiger partial charge >= 0.3 is 6.09 Å². The number of hydrogen-bond donors (Lipinski definition) is 4. The molecule has 2 aromatic heterocycles.